The molecular weight excluding hydrogens is 404 g/mol. The van der Waals surface area contributed by atoms with E-state index in [1.54, 1.807) is 12.1 Å². The zero-order valence-electron chi connectivity index (χ0n) is 16.7. The second kappa shape index (κ2) is 7.05. The Morgan fingerprint density at radius 2 is 1.93 bits per heavy atom. The van der Waals surface area contributed by atoms with Crippen LogP contribution in [0.2, 0.25) is 0 Å². The Morgan fingerprint density at radius 1 is 1.20 bits per heavy atom. The third-order valence-corrected chi connectivity index (χ3v) is 7.75. The fraction of sp³-hybridized carbons (Fsp3) is 0.550. The molecule has 1 saturated carbocycles. The summed E-state index contributed by atoms with van der Waals surface area (Å²) in [5, 5.41) is 12.0. The number of sulfonamides is 1. The molecule has 1 spiro atoms. The van der Waals surface area contributed by atoms with Gasteiger partial charge in [0.1, 0.15) is 12.2 Å². The summed E-state index contributed by atoms with van der Waals surface area (Å²) in [5.41, 5.74) is 1.41. The maximum Gasteiger partial charge on any atom is 0.320 e. The number of aromatic nitrogens is 3. The predicted molar refractivity (Wildman–Crippen MR) is 109 cm³/mol. The van der Waals surface area contributed by atoms with Crippen molar-refractivity contribution in [2.24, 2.45) is 16.5 Å². The van der Waals surface area contributed by atoms with Crippen LogP contribution in [0.1, 0.15) is 36.6 Å². The number of amides is 2. The minimum atomic E-state index is -3.64. The number of nitrogens with zero attached hydrogens (tertiary/aromatic N) is 4. The number of rotatable bonds is 4. The Bertz CT molecular complexity index is 1020. The molecule has 1 aromatic carbocycles. The number of hydrogen-bond donors (Lipinski definition) is 2. The molecule has 3 N–H and O–H groups in total. The van der Waals surface area contributed by atoms with Crippen LogP contribution in [0.4, 0.5) is 4.79 Å². The number of carbonyl (C=O) groups excluding carboxylic acids is 1. The minimum Gasteiger partial charge on any atom is -0.324 e. The van der Waals surface area contributed by atoms with Crippen molar-refractivity contribution in [3.63, 3.8) is 0 Å². The van der Waals surface area contributed by atoms with Gasteiger partial charge in [-0.3, -0.25) is 5.10 Å². The van der Waals surface area contributed by atoms with Crippen LogP contribution in [0.25, 0.3) is 0 Å². The van der Waals surface area contributed by atoms with Crippen LogP contribution in [-0.2, 0) is 16.4 Å². The van der Waals surface area contributed by atoms with Gasteiger partial charge in [-0.25, -0.2) is 23.3 Å². The van der Waals surface area contributed by atoms with E-state index >= 15 is 0 Å². The largest absolute Gasteiger partial charge is 0.324 e. The van der Waals surface area contributed by atoms with Gasteiger partial charge in [-0.15, -0.1) is 0 Å². The van der Waals surface area contributed by atoms with Crippen molar-refractivity contribution < 1.29 is 13.2 Å². The summed E-state index contributed by atoms with van der Waals surface area (Å²) < 4.78 is 22.7. The molecule has 3 fully saturated rings. The van der Waals surface area contributed by atoms with E-state index in [0.717, 1.165) is 56.7 Å². The third kappa shape index (κ3) is 3.58. The number of likely N-dealkylation sites (tertiary alicyclic amines) is 2. The number of carbonyl (C=O) groups is 1. The van der Waals surface area contributed by atoms with Crippen molar-refractivity contribution in [3.05, 3.63) is 42.0 Å². The fourth-order valence-electron chi connectivity index (χ4n) is 5.38. The van der Waals surface area contributed by atoms with Gasteiger partial charge in [0.15, 0.2) is 0 Å². The summed E-state index contributed by atoms with van der Waals surface area (Å²) in [5.74, 6) is 1.70. The molecule has 10 heteroatoms. The SMILES string of the molecule is NS(=O)(=O)c1ccc(CC2CC3(C2)CN(C(=O)N2CC[C@H](c4ncn[nH]4)C2)C3)cc1. The summed E-state index contributed by atoms with van der Waals surface area (Å²) in [7, 11) is -3.64. The number of nitrogens with one attached hydrogen (secondary N) is 1. The molecule has 2 aliphatic heterocycles. The summed E-state index contributed by atoms with van der Waals surface area (Å²) >= 11 is 0. The van der Waals surface area contributed by atoms with Gasteiger partial charge in [0.05, 0.1) is 4.90 Å². The highest BCUT2D eigenvalue weighted by molar-refractivity contribution is 7.89. The highest BCUT2D eigenvalue weighted by Crippen LogP contribution is 2.53. The fourth-order valence-corrected chi connectivity index (χ4v) is 5.90. The van der Waals surface area contributed by atoms with Gasteiger partial charge in [0.25, 0.3) is 0 Å². The number of urea groups is 1. The number of primary sulfonamides is 1. The first-order valence-corrected chi connectivity index (χ1v) is 11.9. The highest BCUT2D eigenvalue weighted by atomic mass is 32.2. The predicted octanol–water partition coefficient (Wildman–Crippen LogP) is 1.32. The summed E-state index contributed by atoms with van der Waals surface area (Å²) in [6, 6.07) is 6.99. The molecule has 2 amide bonds. The molecule has 1 aliphatic carbocycles. The van der Waals surface area contributed by atoms with Gasteiger partial charge in [-0.1, -0.05) is 12.1 Å². The topological polar surface area (TPSA) is 125 Å². The maximum absolute atomic E-state index is 12.8. The van der Waals surface area contributed by atoms with Crippen molar-refractivity contribution in [1.29, 1.82) is 0 Å². The van der Waals surface area contributed by atoms with E-state index in [-0.39, 0.29) is 22.3 Å². The lowest BCUT2D eigenvalue weighted by Gasteiger charge is -2.59. The van der Waals surface area contributed by atoms with Crippen molar-refractivity contribution in [2.75, 3.05) is 26.2 Å². The van der Waals surface area contributed by atoms with Crippen LogP contribution in [0, 0.1) is 11.3 Å². The van der Waals surface area contributed by atoms with Gasteiger partial charge in [-0.2, -0.15) is 5.10 Å². The van der Waals surface area contributed by atoms with Crippen LogP contribution in [0.15, 0.2) is 35.5 Å². The normalized spacial score (nSPS) is 23.4. The van der Waals surface area contributed by atoms with E-state index in [1.807, 2.05) is 21.9 Å². The second-order valence-corrected chi connectivity index (χ2v) is 10.7. The molecule has 1 atom stereocenters. The van der Waals surface area contributed by atoms with E-state index in [9.17, 15) is 13.2 Å². The molecule has 3 aliphatic rings. The minimum absolute atomic E-state index is 0.143. The lowest BCUT2D eigenvalue weighted by molar-refractivity contribution is -0.0753. The lowest BCUT2D eigenvalue weighted by atomic mass is 9.56. The molecular formula is C20H26N6O3S. The van der Waals surface area contributed by atoms with Crippen molar-refractivity contribution in [3.8, 4) is 0 Å². The zero-order chi connectivity index (χ0) is 20.9. The van der Waals surface area contributed by atoms with Crippen LogP contribution in [0.5, 0.6) is 0 Å². The molecule has 5 rings (SSSR count). The quantitative estimate of drug-likeness (QED) is 0.757. The van der Waals surface area contributed by atoms with Crippen molar-refractivity contribution >= 4 is 16.1 Å². The lowest BCUT2D eigenvalue weighted by Crippen LogP contribution is -2.65. The van der Waals surface area contributed by atoms with E-state index in [1.165, 1.54) is 6.33 Å². The number of benzene rings is 1. The van der Waals surface area contributed by atoms with E-state index in [0.29, 0.717) is 12.5 Å². The average molecular weight is 431 g/mol. The summed E-state index contributed by atoms with van der Waals surface area (Å²) in [4.78, 5) is 21.1. The molecule has 2 saturated heterocycles. The van der Waals surface area contributed by atoms with Gasteiger partial charge >= 0.3 is 6.03 Å². The zero-order valence-corrected chi connectivity index (χ0v) is 17.5. The van der Waals surface area contributed by atoms with E-state index < -0.39 is 10.0 Å². The van der Waals surface area contributed by atoms with Crippen molar-refractivity contribution in [2.45, 2.75) is 36.5 Å². The molecule has 2 aromatic rings. The number of nitrogens with two attached hydrogens (primary N) is 1. The molecule has 3 heterocycles. The number of hydrogen-bond acceptors (Lipinski definition) is 5. The molecule has 0 radical (unpaired) electrons. The van der Waals surface area contributed by atoms with E-state index in [2.05, 4.69) is 15.2 Å². The van der Waals surface area contributed by atoms with Gasteiger partial charge in [0.2, 0.25) is 10.0 Å². The van der Waals surface area contributed by atoms with Crippen molar-refractivity contribution in [1.82, 2.24) is 25.0 Å². The standard InChI is InChI=1S/C20H26N6O3S/c21-30(28,29)17-3-1-14(2-4-17)7-15-8-20(9-15)11-26(12-20)19(27)25-6-5-16(10-25)18-22-13-23-24-18/h1-4,13,15-16H,5-12H2,(H2,21,28,29)(H,22,23,24)/t16-/m0/s1. The van der Waals surface area contributed by atoms with Gasteiger partial charge in [0, 0.05) is 37.5 Å². The molecule has 160 valence electrons. The first kappa shape index (κ1) is 19.5. The molecule has 9 nitrogen and oxygen atoms in total. The van der Waals surface area contributed by atoms with Gasteiger partial charge < -0.3 is 9.80 Å². The molecule has 1 aromatic heterocycles. The van der Waals surface area contributed by atoms with Crippen LogP contribution < -0.4 is 5.14 Å². The van der Waals surface area contributed by atoms with Crippen LogP contribution in [0.3, 0.4) is 0 Å². The maximum atomic E-state index is 12.8. The first-order valence-electron chi connectivity index (χ1n) is 10.3. The molecule has 0 unspecified atom stereocenters. The van der Waals surface area contributed by atoms with Gasteiger partial charge in [-0.05, 0) is 49.3 Å². The monoisotopic (exact) mass is 430 g/mol. The Kier molecular flexibility index (Phi) is 4.59. The van der Waals surface area contributed by atoms with Crippen LogP contribution >= 0.6 is 0 Å². The summed E-state index contributed by atoms with van der Waals surface area (Å²) in [6.07, 6.45) is 5.61. The Morgan fingerprint density at radius 3 is 2.57 bits per heavy atom. The molecule has 30 heavy (non-hydrogen) atoms. The number of aromatic amines is 1. The number of H-pyrrole nitrogens is 1. The Hall–Kier alpha value is -2.46. The first-order chi connectivity index (χ1) is 14.3. The second-order valence-electron chi connectivity index (χ2n) is 9.11. The third-order valence-electron chi connectivity index (χ3n) is 6.82. The molecule has 0 bridgehead atoms. The Balaban J connectivity index is 1.08. The van der Waals surface area contributed by atoms with Crippen LogP contribution in [-0.4, -0.2) is 65.6 Å². The summed E-state index contributed by atoms with van der Waals surface area (Å²) in [6.45, 7) is 3.16. The van der Waals surface area contributed by atoms with E-state index in [4.69, 9.17) is 5.14 Å². The highest BCUT2D eigenvalue weighted by Gasteiger charge is 2.54. The Labute approximate surface area is 175 Å². The smallest absolute Gasteiger partial charge is 0.320 e. The average Bonchev–Trinajstić information content (AvgIpc) is 3.33.